The van der Waals surface area contributed by atoms with Crippen molar-refractivity contribution in [1.82, 2.24) is 15.3 Å². The van der Waals surface area contributed by atoms with Crippen LogP contribution in [-0.2, 0) is 15.0 Å². The lowest BCUT2D eigenvalue weighted by Crippen LogP contribution is -2.69. The minimum Gasteiger partial charge on any atom is -0.479 e. The van der Waals surface area contributed by atoms with Crippen LogP contribution in [-0.4, -0.2) is 67.1 Å². The van der Waals surface area contributed by atoms with E-state index in [1.807, 2.05) is 0 Å². The summed E-state index contributed by atoms with van der Waals surface area (Å²) in [4.78, 5) is 31.8. The number of aliphatic hydroxyl groups excluding tert-OH is 1. The highest BCUT2D eigenvalue weighted by atomic mass is 16.4. The van der Waals surface area contributed by atoms with Crippen LogP contribution in [0, 0.1) is 0 Å². The van der Waals surface area contributed by atoms with Gasteiger partial charge in [-0.1, -0.05) is 0 Å². The van der Waals surface area contributed by atoms with Crippen LogP contribution in [0.15, 0.2) is 24.5 Å². The molecule has 5 N–H and O–H groups in total. The summed E-state index contributed by atoms with van der Waals surface area (Å²) >= 11 is 0. The summed E-state index contributed by atoms with van der Waals surface area (Å²) in [6.07, 6.45) is 0.768. The van der Waals surface area contributed by atoms with E-state index < -0.39 is 29.1 Å². The number of hydrogen-bond acceptors (Lipinski definition) is 7. The Kier molecular flexibility index (Phi) is 3.52. The Morgan fingerprint density at radius 3 is 2.50 bits per heavy atom. The van der Waals surface area contributed by atoms with Crippen LogP contribution >= 0.6 is 0 Å². The SMILES string of the molecule is O=C(O)[C@H](O)[C@@](O)(C(=O)O)C12CNCC(C1)c1cc3nccnc3cc12. The predicted molar refractivity (Wildman–Crippen MR) is 87.7 cm³/mol. The van der Waals surface area contributed by atoms with Gasteiger partial charge in [0.05, 0.1) is 16.4 Å². The minimum absolute atomic E-state index is 0.0232. The summed E-state index contributed by atoms with van der Waals surface area (Å²) in [6, 6.07) is 3.44. The van der Waals surface area contributed by atoms with Crippen molar-refractivity contribution in [3.05, 3.63) is 35.7 Å². The first-order valence-corrected chi connectivity index (χ1v) is 8.14. The fourth-order valence-corrected chi connectivity index (χ4v) is 4.49. The van der Waals surface area contributed by atoms with Crippen molar-refractivity contribution in [3.63, 3.8) is 0 Å². The molecule has 2 unspecified atom stereocenters. The van der Waals surface area contributed by atoms with E-state index in [-0.39, 0.29) is 18.9 Å². The molecule has 4 atom stereocenters. The molecule has 1 fully saturated rings. The van der Waals surface area contributed by atoms with Gasteiger partial charge < -0.3 is 25.7 Å². The van der Waals surface area contributed by atoms with E-state index in [9.17, 15) is 30.0 Å². The lowest BCUT2D eigenvalue weighted by Gasteiger charge is -2.46. The van der Waals surface area contributed by atoms with Gasteiger partial charge in [0.1, 0.15) is 0 Å². The first-order chi connectivity index (χ1) is 12.3. The third-order valence-corrected chi connectivity index (χ3v) is 5.69. The van der Waals surface area contributed by atoms with Gasteiger partial charge in [-0.15, -0.1) is 0 Å². The van der Waals surface area contributed by atoms with E-state index in [1.165, 1.54) is 6.20 Å². The Balaban J connectivity index is 2.01. The zero-order valence-electron chi connectivity index (χ0n) is 13.6. The lowest BCUT2D eigenvalue weighted by atomic mass is 9.63. The molecule has 1 aromatic carbocycles. The number of hydrogen-bond donors (Lipinski definition) is 5. The van der Waals surface area contributed by atoms with Gasteiger partial charge in [-0.3, -0.25) is 9.97 Å². The van der Waals surface area contributed by atoms with Crippen LogP contribution in [0.1, 0.15) is 23.5 Å². The second kappa shape index (κ2) is 5.44. The maximum Gasteiger partial charge on any atom is 0.340 e. The third-order valence-electron chi connectivity index (χ3n) is 5.69. The number of aromatic nitrogens is 2. The molecule has 1 aromatic heterocycles. The van der Waals surface area contributed by atoms with Crippen LogP contribution in [0.2, 0.25) is 0 Å². The Labute approximate surface area is 147 Å². The van der Waals surface area contributed by atoms with Crippen molar-refractivity contribution < 1.29 is 30.0 Å². The van der Waals surface area contributed by atoms with Crippen LogP contribution < -0.4 is 5.32 Å². The van der Waals surface area contributed by atoms with Crippen molar-refractivity contribution >= 4 is 23.0 Å². The van der Waals surface area contributed by atoms with E-state index in [2.05, 4.69) is 15.3 Å². The third kappa shape index (κ3) is 1.96. The van der Waals surface area contributed by atoms with Crippen molar-refractivity contribution in [3.8, 4) is 0 Å². The summed E-state index contributed by atoms with van der Waals surface area (Å²) < 4.78 is 0. The molecule has 1 saturated heterocycles. The fourth-order valence-electron chi connectivity index (χ4n) is 4.49. The highest BCUT2D eigenvalue weighted by Gasteiger charge is 2.67. The number of nitrogens with one attached hydrogen (secondary N) is 1. The predicted octanol–water partition coefficient (Wildman–Crippen LogP) is -0.781. The van der Waals surface area contributed by atoms with Gasteiger partial charge in [0.15, 0.2) is 6.10 Å². The largest absolute Gasteiger partial charge is 0.479 e. The number of aliphatic carboxylic acids is 2. The van der Waals surface area contributed by atoms with E-state index >= 15 is 0 Å². The molecule has 2 bridgehead atoms. The van der Waals surface area contributed by atoms with Gasteiger partial charge in [0.2, 0.25) is 5.60 Å². The molecule has 136 valence electrons. The first-order valence-electron chi connectivity index (χ1n) is 8.14. The average Bonchev–Trinajstić information content (AvgIpc) is 2.85. The smallest absolute Gasteiger partial charge is 0.340 e. The van der Waals surface area contributed by atoms with Crippen LogP contribution in [0.4, 0.5) is 0 Å². The molecule has 4 rings (SSSR count). The fraction of sp³-hybridized carbons (Fsp3) is 0.412. The number of nitrogens with zero attached hydrogens (tertiary/aromatic N) is 2. The molecule has 1 aliphatic heterocycles. The zero-order chi connectivity index (χ0) is 18.7. The Bertz CT molecular complexity index is 934. The molecule has 1 aliphatic carbocycles. The number of aliphatic hydroxyl groups is 2. The monoisotopic (exact) mass is 359 g/mol. The summed E-state index contributed by atoms with van der Waals surface area (Å²) in [5, 5.41) is 43.2. The van der Waals surface area contributed by atoms with E-state index in [1.54, 1.807) is 18.3 Å². The summed E-state index contributed by atoms with van der Waals surface area (Å²) in [5.74, 6) is -3.70. The molecule has 2 heterocycles. The lowest BCUT2D eigenvalue weighted by molar-refractivity contribution is -0.197. The van der Waals surface area contributed by atoms with Crippen molar-refractivity contribution in [2.24, 2.45) is 0 Å². The molecule has 0 spiro atoms. The van der Waals surface area contributed by atoms with Gasteiger partial charge in [0, 0.05) is 25.5 Å². The van der Waals surface area contributed by atoms with Gasteiger partial charge >= 0.3 is 11.9 Å². The zero-order valence-corrected chi connectivity index (χ0v) is 13.6. The standard InChI is InChI=1S/C17H17N3O6/c21-13(14(22)23)17(26,15(24)25)16-5-8(6-18-7-16)9-3-11-12(4-10(9)16)20-2-1-19-11/h1-4,8,13,18,21,26H,5-7H2,(H,22,23)(H,24,25)/t8?,13-,16?,17+/m0/s1. The second-order valence-corrected chi connectivity index (χ2v) is 6.91. The van der Waals surface area contributed by atoms with Gasteiger partial charge in [0.25, 0.3) is 0 Å². The Morgan fingerprint density at radius 1 is 1.23 bits per heavy atom. The number of benzene rings is 1. The van der Waals surface area contributed by atoms with Crippen molar-refractivity contribution in [2.75, 3.05) is 13.1 Å². The Hall–Kier alpha value is -2.62. The maximum absolute atomic E-state index is 12.0. The summed E-state index contributed by atoms with van der Waals surface area (Å²) in [7, 11) is 0. The second-order valence-electron chi connectivity index (χ2n) is 6.91. The highest BCUT2D eigenvalue weighted by molar-refractivity contribution is 5.90. The molecule has 9 nitrogen and oxygen atoms in total. The number of carboxylic acids is 2. The molecule has 0 amide bonds. The molecular formula is C17H17N3O6. The van der Waals surface area contributed by atoms with Gasteiger partial charge in [-0.05, 0) is 35.6 Å². The first kappa shape index (κ1) is 16.8. The maximum atomic E-state index is 12.0. The topological polar surface area (TPSA) is 153 Å². The van der Waals surface area contributed by atoms with Crippen LogP contribution in [0.3, 0.4) is 0 Å². The van der Waals surface area contributed by atoms with Crippen molar-refractivity contribution in [1.29, 1.82) is 0 Å². The van der Waals surface area contributed by atoms with Gasteiger partial charge in [-0.25, -0.2) is 9.59 Å². The van der Waals surface area contributed by atoms with Crippen LogP contribution in [0.5, 0.6) is 0 Å². The molecule has 0 saturated carbocycles. The molecule has 2 aromatic rings. The molecule has 9 heteroatoms. The number of fused-ring (bicyclic) bond motifs is 6. The molecule has 2 aliphatic rings. The normalized spacial score (nSPS) is 27.5. The van der Waals surface area contributed by atoms with E-state index in [0.717, 1.165) is 5.56 Å². The number of rotatable bonds is 4. The average molecular weight is 359 g/mol. The molecule has 0 radical (unpaired) electrons. The summed E-state index contributed by atoms with van der Waals surface area (Å²) in [6.45, 7) is 0.578. The van der Waals surface area contributed by atoms with Crippen molar-refractivity contribution in [2.45, 2.75) is 29.5 Å². The molecule has 26 heavy (non-hydrogen) atoms. The van der Waals surface area contributed by atoms with Gasteiger partial charge in [-0.2, -0.15) is 0 Å². The number of carboxylic acid groups (broad SMARTS) is 2. The number of carbonyl (C=O) groups is 2. The van der Waals surface area contributed by atoms with Crippen LogP contribution in [0.25, 0.3) is 11.0 Å². The van der Waals surface area contributed by atoms with E-state index in [0.29, 0.717) is 23.1 Å². The van der Waals surface area contributed by atoms with E-state index in [4.69, 9.17) is 0 Å². The molecular weight excluding hydrogens is 342 g/mol. The summed E-state index contributed by atoms with van der Waals surface area (Å²) in [5.41, 5.74) is -1.97. The quantitative estimate of drug-likeness (QED) is 0.473. The minimum atomic E-state index is -2.90. The number of piperidine rings is 1. The highest BCUT2D eigenvalue weighted by Crippen LogP contribution is 2.55. The Morgan fingerprint density at radius 2 is 1.88 bits per heavy atom.